The first-order valence-electron chi connectivity index (χ1n) is 7.93. The fraction of sp³-hybridized carbons (Fsp3) is 0.278. The summed E-state index contributed by atoms with van der Waals surface area (Å²) in [7, 11) is 3.38. The van der Waals surface area contributed by atoms with Gasteiger partial charge in [-0.3, -0.25) is 19.5 Å². The van der Waals surface area contributed by atoms with E-state index in [9.17, 15) is 9.59 Å². The maximum atomic E-state index is 12.4. The molecule has 1 aliphatic heterocycles. The molecular weight excluding hydrogens is 338 g/mol. The predicted octanol–water partition coefficient (Wildman–Crippen LogP) is 2.74. The van der Waals surface area contributed by atoms with Crippen molar-refractivity contribution in [3.63, 3.8) is 0 Å². The SMILES string of the molecule is CCOC(=O)Cn1cc(/C=C2/SC(=NC)N(C)C2=O)c2ccccc21. The molecule has 0 unspecified atom stereocenters. The average molecular weight is 357 g/mol. The van der Waals surface area contributed by atoms with Crippen molar-refractivity contribution in [1.82, 2.24) is 9.47 Å². The lowest BCUT2D eigenvalue weighted by Crippen LogP contribution is -2.23. The van der Waals surface area contributed by atoms with Gasteiger partial charge in [0.1, 0.15) is 6.54 Å². The first-order chi connectivity index (χ1) is 12.0. The number of nitrogens with zero attached hydrogens (tertiary/aromatic N) is 3. The Hall–Kier alpha value is -2.54. The van der Waals surface area contributed by atoms with Gasteiger partial charge in [0.25, 0.3) is 5.91 Å². The monoisotopic (exact) mass is 357 g/mol. The smallest absolute Gasteiger partial charge is 0.325 e. The maximum Gasteiger partial charge on any atom is 0.325 e. The van der Waals surface area contributed by atoms with Gasteiger partial charge < -0.3 is 9.30 Å². The molecule has 0 saturated carbocycles. The topological polar surface area (TPSA) is 63.9 Å². The van der Waals surface area contributed by atoms with E-state index < -0.39 is 0 Å². The van der Waals surface area contributed by atoms with E-state index in [4.69, 9.17) is 4.74 Å². The molecule has 0 spiro atoms. The molecule has 1 aromatic carbocycles. The molecule has 130 valence electrons. The number of hydrogen-bond donors (Lipinski definition) is 0. The van der Waals surface area contributed by atoms with Gasteiger partial charge in [0.2, 0.25) is 0 Å². The molecule has 1 amide bonds. The van der Waals surface area contributed by atoms with Crippen molar-refractivity contribution in [2.24, 2.45) is 4.99 Å². The van der Waals surface area contributed by atoms with E-state index in [-0.39, 0.29) is 18.4 Å². The number of likely N-dealkylation sites (N-methyl/N-ethyl adjacent to an activating group) is 1. The van der Waals surface area contributed by atoms with Gasteiger partial charge in [0.15, 0.2) is 5.17 Å². The van der Waals surface area contributed by atoms with Crippen molar-refractivity contribution in [3.05, 3.63) is 40.9 Å². The van der Waals surface area contributed by atoms with Crippen LogP contribution in [0.15, 0.2) is 40.4 Å². The summed E-state index contributed by atoms with van der Waals surface area (Å²) in [6, 6.07) is 7.79. The van der Waals surface area contributed by atoms with E-state index in [0.717, 1.165) is 16.5 Å². The highest BCUT2D eigenvalue weighted by Gasteiger charge is 2.30. The largest absolute Gasteiger partial charge is 0.465 e. The van der Waals surface area contributed by atoms with Crippen LogP contribution in [-0.2, 0) is 20.9 Å². The number of carbonyl (C=O) groups is 2. The van der Waals surface area contributed by atoms with E-state index in [1.807, 2.05) is 41.1 Å². The number of thioether (sulfide) groups is 1. The standard InChI is InChI=1S/C18H19N3O3S/c1-4-24-16(22)11-21-10-12(13-7-5-6-8-14(13)21)9-15-17(23)20(3)18(19-2)25-15/h5-10H,4,11H2,1-3H3/b15-9+,19-18?. The van der Waals surface area contributed by atoms with Crippen molar-refractivity contribution < 1.29 is 14.3 Å². The number of hydrogen-bond acceptors (Lipinski definition) is 5. The molecule has 1 saturated heterocycles. The van der Waals surface area contributed by atoms with Crippen LogP contribution in [0, 0.1) is 0 Å². The molecule has 1 aliphatic rings. The van der Waals surface area contributed by atoms with Gasteiger partial charge in [-0.1, -0.05) is 18.2 Å². The zero-order valence-corrected chi connectivity index (χ0v) is 15.2. The molecule has 0 atom stereocenters. The summed E-state index contributed by atoms with van der Waals surface area (Å²) in [5, 5.41) is 1.66. The number of aromatic nitrogens is 1. The second-order valence-corrected chi connectivity index (χ2v) is 6.52. The summed E-state index contributed by atoms with van der Waals surface area (Å²) in [6.45, 7) is 2.28. The van der Waals surface area contributed by atoms with E-state index >= 15 is 0 Å². The summed E-state index contributed by atoms with van der Waals surface area (Å²) in [6.07, 6.45) is 3.73. The number of esters is 1. The zero-order valence-electron chi connectivity index (χ0n) is 14.4. The first-order valence-corrected chi connectivity index (χ1v) is 8.74. The van der Waals surface area contributed by atoms with Gasteiger partial charge in [-0.2, -0.15) is 0 Å². The Balaban J connectivity index is 2.01. The quantitative estimate of drug-likeness (QED) is 0.623. The van der Waals surface area contributed by atoms with Crippen molar-refractivity contribution in [1.29, 1.82) is 0 Å². The average Bonchev–Trinajstić information content (AvgIpc) is 3.08. The maximum absolute atomic E-state index is 12.4. The number of amides is 1. The van der Waals surface area contributed by atoms with Crippen LogP contribution in [0.25, 0.3) is 17.0 Å². The highest BCUT2D eigenvalue weighted by Crippen LogP contribution is 2.33. The minimum atomic E-state index is -0.283. The highest BCUT2D eigenvalue weighted by atomic mass is 32.2. The highest BCUT2D eigenvalue weighted by molar-refractivity contribution is 8.18. The van der Waals surface area contributed by atoms with Gasteiger partial charge >= 0.3 is 5.97 Å². The van der Waals surface area contributed by atoms with Gasteiger partial charge in [-0.25, -0.2) is 0 Å². The Labute approximate surface area is 150 Å². The van der Waals surface area contributed by atoms with Crippen molar-refractivity contribution in [3.8, 4) is 0 Å². The molecule has 0 N–H and O–H groups in total. The summed E-state index contributed by atoms with van der Waals surface area (Å²) in [5.41, 5.74) is 1.82. The third kappa shape index (κ3) is 3.32. The summed E-state index contributed by atoms with van der Waals surface area (Å²) in [5.74, 6) is -0.360. The molecule has 1 fully saturated rings. The second kappa shape index (κ2) is 7.14. The third-order valence-corrected chi connectivity index (χ3v) is 5.06. The van der Waals surface area contributed by atoms with E-state index in [2.05, 4.69) is 4.99 Å². The number of fused-ring (bicyclic) bond motifs is 1. The number of carbonyl (C=O) groups excluding carboxylic acids is 2. The fourth-order valence-electron chi connectivity index (χ4n) is 2.76. The van der Waals surface area contributed by atoms with Gasteiger partial charge in [0.05, 0.1) is 11.5 Å². The fourth-order valence-corrected chi connectivity index (χ4v) is 3.68. The molecule has 6 nitrogen and oxygen atoms in total. The Kier molecular flexibility index (Phi) is 4.94. The molecule has 3 rings (SSSR count). The lowest BCUT2D eigenvalue weighted by atomic mass is 10.1. The van der Waals surface area contributed by atoms with Crippen molar-refractivity contribution >= 4 is 45.8 Å². The zero-order chi connectivity index (χ0) is 18.0. The molecule has 0 bridgehead atoms. The van der Waals surface area contributed by atoms with Gasteiger partial charge in [0, 0.05) is 36.8 Å². The van der Waals surface area contributed by atoms with Crippen molar-refractivity contribution in [2.75, 3.05) is 20.7 Å². The Morgan fingerprint density at radius 1 is 1.36 bits per heavy atom. The molecule has 7 heteroatoms. The lowest BCUT2D eigenvalue weighted by Gasteiger charge is -2.04. The van der Waals surface area contributed by atoms with Crippen molar-refractivity contribution in [2.45, 2.75) is 13.5 Å². The Bertz CT molecular complexity index is 898. The molecule has 1 aromatic heterocycles. The van der Waals surface area contributed by atoms with Crippen LogP contribution in [0.5, 0.6) is 0 Å². The molecule has 25 heavy (non-hydrogen) atoms. The van der Waals surface area contributed by atoms with Crippen LogP contribution in [0.3, 0.4) is 0 Å². The molecular formula is C18H19N3O3S. The number of aliphatic imine (C=N–C) groups is 1. The van der Waals surface area contributed by atoms with E-state index in [1.54, 1.807) is 21.0 Å². The van der Waals surface area contributed by atoms with Crippen LogP contribution >= 0.6 is 11.8 Å². The summed E-state index contributed by atoms with van der Waals surface area (Å²) >= 11 is 1.35. The lowest BCUT2D eigenvalue weighted by molar-refractivity contribution is -0.143. The molecule has 2 aromatic rings. The van der Waals surface area contributed by atoms with E-state index in [1.165, 1.54) is 16.7 Å². The van der Waals surface area contributed by atoms with Crippen LogP contribution in [0.1, 0.15) is 12.5 Å². The minimum Gasteiger partial charge on any atom is -0.465 e. The van der Waals surface area contributed by atoms with E-state index in [0.29, 0.717) is 16.7 Å². The number of amidine groups is 1. The van der Waals surface area contributed by atoms with Gasteiger partial charge in [-0.05, 0) is 30.8 Å². The minimum absolute atomic E-state index is 0.0761. The first kappa shape index (κ1) is 17.3. The van der Waals surface area contributed by atoms with Crippen LogP contribution in [-0.4, -0.2) is 47.2 Å². The van der Waals surface area contributed by atoms with Crippen LogP contribution < -0.4 is 0 Å². The normalized spacial score (nSPS) is 17.9. The number of ether oxygens (including phenoxy) is 1. The Morgan fingerprint density at radius 3 is 2.80 bits per heavy atom. The Morgan fingerprint density at radius 2 is 2.12 bits per heavy atom. The van der Waals surface area contributed by atoms with Gasteiger partial charge in [-0.15, -0.1) is 0 Å². The van der Waals surface area contributed by atoms with Crippen LogP contribution in [0.4, 0.5) is 0 Å². The molecule has 2 heterocycles. The molecule has 0 radical (unpaired) electrons. The second-order valence-electron chi connectivity index (χ2n) is 5.52. The van der Waals surface area contributed by atoms with Crippen LogP contribution in [0.2, 0.25) is 0 Å². The molecule has 0 aliphatic carbocycles. The summed E-state index contributed by atoms with van der Waals surface area (Å²) in [4.78, 5) is 30.5. The number of para-hydroxylation sites is 1. The number of benzene rings is 1. The predicted molar refractivity (Wildman–Crippen MR) is 100 cm³/mol. The summed E-state index contributed by atoms with van der Waals surface area (Å²) < 4.78 is 6.89. The third-order valence-electron chi connectivity index (χ3n) is 3.91. The number of rotatable bonds is 4.